The third-order valence-electron chi connectivity index (χ3n) is 2.39. The SMILES string of the molecule is C=CCN(C)C(=O)[C@@H](N)Cc1ccccc1.Cl. The zero-order valence-electron chi connectivity index (χ0n) is 10.0. The number of rotatable bonds is 5. The summed E-state index contributed by atoms with van der Waals surface area (Å²) in [5.41, 5.74) is 6.93. The first-order chi connectivity index (χ1) is 7.65. The number of benzene rings is 1. The monoisotopic (exact) mass is 254 g/mol. The van der Waals surface area contributed by atoms with Crippen molar-refractivity contribution in [2.45, 2.75) is 12.5 Å². The molecule has 1 amide bonds. The van der Waals surface area contributed by atoms with Gasteiger partial charge in [0.1, 0.15) is 0 Å². The molecule has 1 aromatic rings. The summed E-state index contributed by atoms with van der Waals surface area (Å²) in [5.74, 6) is -0.0521. The molecular formula is C13H19ClN2O. The van der Waals surface area contributed by atoms with Gasteiger partial charge in [-0.25, -0.2) is 0 Å². The standard InChI is InChI=1S/C13H18N2O.ClH/c1-3-9-15(2)13(16)12(14)10-11-7-5-4-6-8-11;/h3-8,12H,1,9-10,14H2,2H3;1H/t12-;/m0./s1. The molecule has 0 saturated carbocycles. The van der Waals surface area contributed by atoms with Crippen LogP contribution in [0.5, 0.6) is 0 Å². The van der Waals surface area contributed by atoms with Gasteiger partial charge in [0, 0.05) is 13.6 Å². The molecule has 1 atom stereocenters. The lowest BCUT2D eigenvalue weighted by Gasteiger charge is -2.19. The highest BCUT2D eigenvalue weighted by molar-refractivity contribution is 5.85. The summed E-state index contributed by atoms with van der Waals surface area (Å²) in [6.45, 7) is 4.12. The minimum atomic E-state index is -0.479. The van der Waals surface area contributed by atoms with Crippen molar-refractivity contribution in [1.29, 1.82) is 0 Å². The topological polar surface area (TPSA) is 46.3 Å². The Morgan fingerprint density at radius 3 is 2.59 bits per heavy atom. The van der Waals surface area contributed by atoms with E-state index >= 15 is 0 Å². The number of amides is 1. The van der Waals surface area contributed by atoms with Crippen LogP contribution in [-0.2, 0) is 11.2 Å². The molecule has 4 heteroatoms. The van der Waals surface area contributed by atoms with Gasteiger partial charge in [0.25, 0.3) is 0 Å². The molecule has 0 aliphatic heterocycles. The van der Waals surface area contributed by atoms with Gasteiger partial charge in [-0.3, -0.25) is 4.79 Å². The van der Waals surface area contributed by atoms with E-state index in [1.165, 1.54) is 0 Å². The molecule has 0 saturated heterocycles. The Morgan fingerprint density at radius 2 is 2.06 bits per heavy atom. The second-order valence-corrected chi connectivity index (χ2v) is 3.80. The Hall–Kier alpha value is -1.32. The van der Waals surface area contributed by atoms with Crippen molar-refractivity contribution < 1.29 is 4.79 Å². The Morgan fingerprint density at radius 1 is 1.47 bits per heavy atom. The number of likely N-dealkylation sites (N-methyl/N-ethyl adjacent to an activating group) is 1. The molecule has 0 heterocycles. The van der Waals surface area contributed by atoms with Crippen LogP contribution in [0.25, 0.3) is 0 Å². The summed E-state index contributed by atoms with van der Waals surface area (Å²) in [5, 5.41) is 0. The number of hydrogen-bond donors (Lipinski definition) is 1. The quantitative estimate of drug-likeness (QED) is 0.812. The first kappa shape index (κ1) is 15.7. The zero-order chi connectivity index (χ0) is 12.0. The summed E-state index contributed by atoms with van der Waals surface area (Å²) in [6, 6.07) is 9.30. The second-order valence-electron chi connectivity index (χ2n) is 3.80. The van der Waals surface area contributed by atoms with Gasteiger partial charge >= 0.3 is 0 Å². The van der Waals surface area contributed by atoms with Gasteiger partial charge in [0.15, 0.2) is 0 Å². The molecule has 0 aliphatic carbocycles. The molecule has 0 fully saturated rings. The molecule has 0 bridgehead atoms. The lowest BCUT2D eigenvalue weighted by Crippen LogP contribution is -2.43. The van der Waals surface area contributed by atoms with Gasteiger partial charge in [-0.2, -0.15) is 0 Å². The fourth-order valence-corrected chi connectivity index (χ4v) is 1.52. The van der Waals surface area contributed by atoms with Crippen molar-refractivity contribution in [2.24, 2.45) is 5.73 Å². The molecule has 0 aliphatic rings. The van der Waals surface area contributed by atoms with Crippen LogP contribution < -0.4 is 5.73 Å². The number of nitrogens with two attached hydrogens (primary N) is 1. The number of halogens is 1. The van der Waals surface area contributed by atoms with Gasteiger partial charge in [-0.05, 0) is 12.0 Å². The van der Waals surface area contributed by atoms with Gasteiger partial charge < -0.3 is 10.6 Å². The average Bonchev–Trinajstić information content (AvgIpc) is 2.29. The Labute approximate surface area is 109 Å². The Bertz CT molecular complexity index is 354. The van der Waals surface area contributed by atoms with E-state index < -0.39 is 6.04 Å². The van der Waals surface area contributed by atoms with Crippen LogP contribution in [0, 0.1) is 0 Å². The fraction of sp³-hybridized carbons (Fsp3) is 0.308. The largest absolute Gasteiger partial charge is 0.341 e. The lowest BCUT2D eigenvalue weighted by molar-refractivity contribution is -0.130. The molecule has 2 N–H and O–H groups in total. The predicted molar refractivity (Wildman–Crippen MR) is 73.2 cm³/mol. The predicted octanol–water partition coefficient (Wildman–Crippen LogP) is 1.62. The van der Waals surface area contributed by atoms with Crippen molar-refractivity contribution >= 4 is 18.3 Å². The van der Waals surface area contributed by atoms with E-state index in [0.29, 0.717) is 13.0 Å². The molecular weight excluding hydrogens is 236 g/mol. The van der Waals surface area contributed by atoms with Crippen LogP contribution in [0.1, 0.15) is 5.56 Å². The van der Waals surface area contributed by atoms with E-state index in [1.807, 2.05) is 30.3 Å². The highest BCUT2D eigenvalue weighted by Crippen LogP contribution is 2.03. The maximum atomic E-state index is 11.8. The molecule has 0 spiro atoms. The summed E-state index contributed by atoms with van der Waals surface area (Å²) < 4.78 is 0. The van der Waals surface area contributed by atoms with E-state index in [2.05, 4.69) is 6.58 Å². The zero-order valence-corrected chi connectivity index (χ0v) is 10.8. The molecule has 0 aromatic heterocycles. The molecule has 94 valence electrons. The maximum absolute atomic E-state index is 11.8. The molecule has 1 aromatic carbocycles. The molecule has 1 rings (SSSR count). The van der Waals surface area contributed by atoms with E-state index in [0.717, 1.165) is 5.56 Å². The number of nitrogens with zero attached hydrogens (tertiary/aromatic N) is 1. The summed E-state index contributed by atoms with van der Waals surface area (Å²) >= 11 is 0. The number of carbonyl (C=O) groups is 1. The third kappa shape index (κ3) is 5.02. The third-order valence-corrected chi connectivity index (χ3v) is 2.39. The van der Waals surface area contributed by atoms with Crippen molar-refractivity contribution in [3.63, 3.8) is 0 Å². The molecule has 0 unspecified atom stereocenters. The molecule has 17 heavy (non-hydrogen) atoms. The number of carbonyl (C=O) groups excluding carboxylic acids is 1. The van der Waals surface area contributed by atoms with Crippen molar-refractivity contribution in [3.8, 4) is 0 Å². The van der Waals surface area contributed by atoms with Gasteiger partial charge in [-0.1, -0.05) is 36.4 Å². The highest BCUT2D eigenvalue weighted by Gasteiger charge is 2.17. The van der Waals surface area contributed by atoms with Crippen LogP contribution in [0.3, 0.4) is 0 Å². The first-order valence-electron chi connectivity index (χ1n) is 5.30. The number of hydrogen-bond acceptors (Lipinski definition) is 2. The van der Waals surface area contributed by atoms with Crippen LogP contribution in [-0.4, -0.2) is 30.4 Å². The van der Waals surface area contributed by atoms with Gasteiger partial charge in [0.05, 0.1) is 6.04 Å². The average molecular weight is 255 g/mol. The van der Waals surface area contributed by atoms with Crippen LogP contribution in [0.2, 0.25) is 0 Å². The normalized spacial score (nSPS) is 11.2. The molecule has 3 nitrogen and oxygen atoms in total. The van der Waals surface area contributed by atoms with E-state index in [9.17, 15) is 4.79 Å². The minimum absolute atomic E-state index is 0. The Balaban J connectivity index is 0.00000256. The van der Waals surface area contributed by atoms with Crippen molar-refractivity contribution in [1.82, 2.24) is 4.90 Å². The fourth-order valence-electron chi connectivity index (χ4n) is 1.52. The van der Waals surface area contributed by atoms with Crippen molar-refractivity contribution in [2.75, 3.05) is 13.6 Å². The lowest BCUT2D eigenvalue weighted by atomic mass is 10.1. The second kappa shape index (κ2) is 7.87. The van der Waals surface area contributed by atoms with Crippen LogP contribution >= 0.6 is 12.4 Å². The molecule has 0 radical (unpaired) electrons. The van der Waals surface area contributed by atoms with Crippen LogP contribution in [0.4, 0.5) is 0 Å². The summed E-state index contributed by atoms with van der Waals surface area (Å²) in [4.78, 5) is 13.4. The Kier molecular flexibility index (Phi) is 7.26. The van der Waals surface area contributed by atoms with Crippen LogP contribution in [0.15, 0.2) is 43.0 Å². The first-order valence-corrected chi connectivity index (χ1v) is 5.30. The van der Waals surface area contributed by atoms with E-state index in [-0.39, 0.29) is 18.3 Å². The highest BCUT2D eigenvalue weighted by atomic mass is 35.5. The van der Waals surface area contributed by atoms with Gasteiger partial charge in [0.2, 0.25) is 5.91 Å². The smallest absolute Gasteiger partial charge is 0.239 e. The van der Waals surface area contributed by atoms with E-state index in [1.54, 1.807) is 18.0 Å². The summed E-state index contributed by atoms with van der Waals surface area (Å²) in [6.07, 6.45) is 2.26. The van der Waals surface area contributed by atoms with Crippen molar-refractivity contribution in [3.05, 3.63) is 48.6 Å². The summed E-state index contributed by atoms with van der Waals surface area (Å²) in [7, 11) is 1.73. The van der Waals surface area contributed by atoms with Gasteiger partial charge in [-0.15, -0.1) is 19.0 Å². The maximum Gasteiger partial charge on any atom is 0.239 e. The van der Waals surface area contributed by atoms with E-state index in [4.69, 9.17) is 5.73 Å². The minimum Gasteiger partial charge on any atom is -0.341 e.